The van der Waals surface area contributed by atoms with Crippen molar-refractivity contribution in [3.8, 4) is 23.0 Å². The van der Waals surface area contributed by atoms with Gasteiger partial charge in [-0.15, -0.1) is 0 Å². The van der Waals surface area contributed by atoms with Crippen LogP contribution in [0.4, 0.5) is 0 Å². The molecule has 0 bridgehead atoms. The molecule has 0 radical (unpaired) electrons. The predicted molar refractivity (Wildman–Crippen MR) is 145 cm³/mol. The van der Waals surface area contributed by atoms with E-state index in [1.165, 1.54) is 0 Å². The van der Waals surface area contributed by atoms with Crippen molar-refractivity contribution in [1.29, 1.82) is 0 Å². The van der Waals surface area contributed by atoms with E-state index in [-0.39, 0.29) is 31.3 Å². The van der Waals surface area contributed by atoms with Crippen LogP contribution in [0.1, 0.15) is 42.7 Å². The van der Waals surface area contributed by atoms with Crippen LogP contribution in [0.25, 0.3) is 0 Å². The lowest BCUT2D eigenvalue weighted by molar-refractivity contribution is -0.140. The molecule has 1 aliphatic carbocycles. The molecule has 0 saturated heterocycles. The highest BCUT2D eigenvalue weighted by molar-refractivity contribution is 6.04. The number of Topliss-reactive ketones (excluding diaryl/α,β-unsaturated/α-hetero) is 1. The Morgan fingerprint density at radius 1 is 0.821 bits per heavy atom. The van der Waals surface area contributed by atoms with Crippen molar-refractivity contribution in [2.24, 2.45) is 0 Å². The molecule has 9 nitrogen and oxygen atoms in total. The van der Waals surface area contributed by atoms with Crippen molar-refractivity contribution >= 4 is 11.8 Å². The van der Waals surface area contributed by atoms with Gasteiger partial charge in [-0.05, 0) is 54.7 Å². The molecule has 2 atom stereocenters. The van der Waals surface area contributed by atoms with E-state index >= 15 is 0 Å². The summed E-state index contributed by atoms with van der Waals surface area (Å²) in [7, 11) is 7.83. The number of dihydropyridines is 1. The molecule has 4 rings (SSSR count). The van der Waals surface area contributed by atoms with Crippen molar-refractivity contribution in [3.63, 3.8) is 0 Å². The standard InChI is InChI=1S/C30H35NO8/c1-17-27(30(33)39-12-11-34-2)28(19-8-10-24(36-4)26(16-19)38-6)29-21(31-17)13-20(14-22(29)32)18-7-9-23(35-3)25(15-18)37-5/h7-10,15-16,20,28,31H,11-14H2,1-6H3/t20-,28+/m0/s1. The lowest BCUT2D eigenvalue weighted by atomic mass is 9.71. The van der Waals surface area contributed by atoms with Crippen LogP contribution in [-0.4, -0.2) is 60.5 Å². The average Bonchev–Trinajstić information content (AvgIpc) is 2.95. The summed E-state index contributed by atoms with van der Waals surface area (Å²) in [6, 6.07) is 11.2. The molecule has 0 spiro atoms. The van der Waals surface area contributed by atoms with Crippen molar-refractivity contribution < 1.29 is 38.0 Å². The van der Waals surface area contributed by atoms with Gasteiger partial charge in [0.1, 0.15) is 6.61 Å². The highest BCUT2D eigenvalue weighted by Gasteiger charge is 2.41. The highest BCUT2D eigenvalue weighted by atomic mass is 16.6. The Morgan fingerprint density at radius 2 is 1.41 bits per heavy atom. The molecule has 2 aliphatic rings. The molecule has 2 aromatic carbocycles. The Bertz CT molecular complexity index is 1310. The Hall–Kier alpha value is -3.98. The van der Waals surface area contributed by atoms with Gasteiger partial charge in [-0.3, -0.25) is 4.79 Å². The van der Waals surface area contributed by atoms with Gasteiger partial charge in [-0.25, -0.2) is 4.79 Å². The number of esters is 1. The minimum atomic E-state index is -0.630. The van der Waals surface area contributed by atoms with E-state index in [0.717, 1.165) is 16.8 Å². The summed E-state index contributed by atoms with van der Waals surface area (Å²) >= 11 is 0. The Labute approximate surface area is 228 Å². The van der Waals surface area contributed by atoms with Crippen LogP contribution in [0.2, 0.25) is 0 Å². The minimum absolute atomic E-state index is 0.0435. The maximum Gasteiger partial charge on any atom is 0.336 e. The maximum absolute atomic E-state index is 13.9. The summed E-state index contributed by atoms with van der Waals surface area (Å²) in [5, 5.41) is 3.37. The monoisotopic (exact) mass is 537 g/mol. The minimum Gasteiger partial charge on any atom is -0.493 e. The second kappa shape index (κ2) is 12.3. The molecule has 208 valence electrons. The van der Waals surface area contributed by atoms with Gasteiger partial charge in [0.15, 0.2) is 28.8 Å². The number of hydrogen-bond acceptors (Lipinski definition) is 9. The molecule has 0 unspecified atom stereocenters. The summed E-state index contributed by atoms with van der Waals surface area (Å²) in [6.45, 7) is 2.20. The number of benzene rings is 2. The van der Waals surface area contributed by atoms with E-state index in [0.29, 0.717) is 46.3 Å². The van der Waals surface area contributed by atoms with Gasteiger partial charge < -0.3 is 33.7 Å². The molecule has 9 heteroatoms. The van der Waals surface area contributed by atoms with Crippen LogP contribution in [0.3, 0.4) is 0 Å². The van der Waals surface area contributed by atoms with Crippen LogP contribution in [-0.2, 0) is 19.1 Å². The molecule has 0 saturated carbocycles. The van der Waals surface area contributed by atoms with Gasteiger partial charge in [-0.1, -0.05) is 12.1 Å². The number of allylic oxidation sites excluding steroid dienone is 3. The molecular weight excluding hydrogens is 502 g/mol. The lowest BCUT2D eigenvalue weighted by Gasteiger charge is -2.37. The largest absolute Gasteiger partial charge is 0.493 e. The van der Waals surface area contributed by atoms with E-state index in [1.54, 1.807) is 41.6 Å². The summed E-state index contributed by atoms with van der Waals surface area (Å²) < 4.78 is 32.4. The third-order valence-corrected chi connectivity index (χ3v) is 7.19. The number of carbonyl (C=O) groups is 2. The Balaban J connectivity index is 1.78. The van der Waals surface area contributed by atoms with E-state index in [4.69, 9.17) is 28.4 Å². The van der Waals surface area contributed by atoms with E-state index < -0.39 is 11.9 Å². The molecule has 0 fully saturated rings. The summed E-state index contributed by atoms with van der Waals surface area (Å²) in [5.74, 6) is 1.05. The molecule has 1 heterocycles. The lowest BCUT2D eigenvalue weighted by Crippen LogP contribution is -2.36. The average molecular weight is 538 g/mol. The summed E-state index contributed by atoms with van der Waals surface area (Å²) in [6.07, 6.45) is 0.870. The summed E-state index contributed by atoms with van der Waals surface area (Å²) in [4.78, 5) is 27.2. The predicted octanol–water partition coefficient (Wildman–Crippen LogP) is 4.27. The number of ether oxygens (including phenoxy) is 6. The molecule has 1 aliphatic heterocycles. The number of rotatable bonds is 10. The molecule has 0 amide bonds. The number of carbonyl (C=O) groups excluding carboxylic acids is 2. The van der Waals surface area contributed by atoms with E-state index in [1.807, 2.05) is 37.3 Å². The number of methoxy groups -OCH3 is 5. The van der Waals surface area contributed by atoms with Crippen LogP contribution in [0.15, 0.2) is 58.9 Å². The van der Waals surface area contributed by atoms with E-state index in [9.17, 15) is 9.59 Å². The normalized spacial score (nSPS) is 18.8. The number of hydrogen-bond donors (Lipinski definition) is 1. The van der Waals surface area contributed by atoms with Crippen molar-refractivity contribution in [2.45, 2.75) is 31.6 Å². The molecule has 0 aromatic heterocycles. The van der Waals surface area contributed by atoms with Crippen molar-refractivity contribution in [3.05, 3.63) is 70.1 Å². The smallest absolute Gasteiger partial charge is 0.336 e. The first kappa shape index (κ1) is 28.0. The maximum atomic E-state index is 13.9. The van der Waals surface area contributed by atoms with Crippen LogP contribution in [0, 0.1) is 0 Å². The second-order valence-corrected chi connectivity index (χ2v) is 9.37. The molecule has 1 N–H and O–H groups in total. The first-order valence-corrected chi connectivity index (χ1v) is 12.7. The van der Waals surface area contributed by atoms with Gasteiger partial charge in [0.2, 0.25) is 0 Å². The molecule has 2 aromatic rings. The quantitative estimate of drug-likeness (QED) is 0.352. The number of ketones is 1. The molecular formula is C30H35NO8. The number of nitrogens with one attached hydrogen (secondary N) is 1. The van der Waals surface area contributed by atoms with Crippen molar-refractivity contribution in [2.75, 3.05) is 48.8 Å². The zero-order valence-corrected chi connectivity index (χ0v) is 23.2. The highest BCUT2D eigenvalue weighted by Crippen LogP contribution is 2.47. The van der Waals surface area contributed by atoms with Gasteiger partial charge >= 0.3 is 5.97 Å². The fraction of sp³-hybridized carbons (Fsp3) is 0.400. The third kappa shape index (κ3) is 5.59. The van der Waals surface area contributed by atoms with Crippen LogP contribution in [0.5, 0.6) is 23.0 Å². The van der Waals surface area contributed by atoms with Crippen molar-refractivity contribution in [1.82, 2.24) is 5.32 Å². The fourth-order valence-electron chi connectivity index (χ4n) is 5.31. The first-order valence-electron chi connectivity index (χ1n) is 12.7. The Morgan fingerprint density at radius 3 is 2.00 bits per heavy atom. The van der Waals surface area contributed by atoms with Gasteiger partial charge in [0.05, 0.1) is 40.6 Å². The zero-order chi connectivity index (χ0) is 28.1. The second-order valence-electron chi connectivity index (χ2n) is 9.37. The van der Waals surface area contributed by atoms with Crippen LogP contribution < -0.4 is 24.3 Å². The fourth-order valence-corrected chi connectivity index (χ4v) is 5.31. The van der Waals surface area contributed by atoms with Gasteiger partial charge in [0, 0.05) is 36.4 Å². The SMILES string of the molecule is COCCOC(=O)C1=C(C)NC2=C(C(=O)C[C@@H](c3ccc(OC)c(OC)c3)C2)[C@@H]1c1ccc(OC)c(OC)c1. The van der Waals surface area contributed by atoms with E-state index in [2.05, 4.69) is 5.32 Å². The third-order valence-electron chi connectivity index (χ3n) is 7.19. The zero-order valence-electron chi connectivity index (χ0n) is 23.2. The summed E-state index contributed by atoms with van der Waals surface area (Å²) in [5.41, 5.74) is 4.08. The van der Waals surface area contributed by atoms with Gasteiger partial charge in [-0.2, -0.15) is 0 Å². The Kier molecular flexibility index (Phi) is 8.81. The van der Waals surface area contributed by atoms with Crippen LogP contribution >= 0.6 is 0 Å². The first-order chi connectivity index (χ1) is 18.9. The van der Waals surface area contributed by atoms with Gasteiger partial charge in [0.25, 0.3) is 0 Å². The molecule has 39 heavy (non-hydrogen) atoms. The topological polar surface area (TPSA) is 102 Å².